The fourth-order valence-electron chi connectivity index (χ4n) is 0. The smallest absolute Gasteiger partial charge is 0.353 e. The third kappa shape index (κ3) is 295. The molecule has 0 aliphatic carbocycles. The Labute approximate surface area is 65.7 Å². The summed E-state index contributed by atoms with van der Waals surface area (Å²) in [5.74, 6) is 0. The lowest BCUT2D eigenvalue weighted by molar-refractivity contribution is 0.501. The first-order valence-electron chi connectivity index (χ1n) is 1.47. The van der Waals surface area contributed by atoms with E-state index in [4.69, 9.17) is 35.1 Å². The maximum atomic E-state index is 8.95. The highest BCUT2D eigenvalue weighted by atomic mass is 35.7. The molecule has 0 amide bonds. The molecule has 9 nitrogen and oxygen atoms in total. The van der Waals surface area contributed by atoms with Crippen molar-refractivity contribution in [2.45, 2.75) is 0 Å². The van der Waals surface area contributed by atoms with Gasteiger partial charge in [-0.2, -0.15) is 8.42 Å². The molecule has 11 heteroatoms. The van der Waals surface area contributed by atoms with Gasteiger partial charge in [-0.25, -0.2) is 0 Å². The molecule has 0 atom stereocenters. The zero-order valence-corrected chi connectivity index (χ0v) is 6.31. The molecule has 0 spiro atoms. The normalized spacial score (nSPS) is 6.73. The van der Waals surface area contributed by atoms with Crippen molar-refractivity contribution in [3.05, 3.63) is 31.9 Å². The van der Waals surface area contributed by atoms with E-state index in [0.29, 0.717) is 0 Å². The molecule has 0 aliphatic rings. The molecule has 64 valence electrons. The van der Waals surface area contributed by atoms with E-state index in [0.717, 1.165) is 0 Å². The van der Waals surface area contributed by atoms with Crippen molar-refractivity contribution in [2.24, 2.45) is 0 Å². The predicted octanol–water partition coefficient (Wildman–Crippen LogP) is 1.76. The summed E-state index contributed by atoms with van der Waals surface area (Å²) in [6.07, 6.45) is 0. The van der Waals surface area contributed by atoms with Gasteiger partial charge in [-0.1, -0.05) is 0 Å². The predicted molar refractivity (Wildman–Crippen MR) is 37.6 cm³/mol. The van der Waals surface area contributed by atoms with Crippen LogP contribution >= 0.6 is 10.7 Å². The molecule has 0 aliphatic heterocycles. The number of hydrogen-bond donors (Lipinski definition) is 1. The fourth-order valence-corrected chi connectivity index (χ4v) is 0. The van der Waals surface area contributed by atoms with Crippen LogP contribution in [0.15, 0.2) is 0 Å². The van der Waals surface area contributed by atoms with Gasteiger partial charge in [0, 0.05) is 10.7 Å². The first-order valence-corrected chi connectivity index (χ1v) is 3.74. The van der Waals surface area contributed by atoms with Crippen LogP contribution in [-0.4, -0.2) is 13.0 Å². The molecule has 0 aromatic heterocycles. The second kappa shape index (κ2) is 11.6. The van der Waals surface area contributed by atoms with E-state index in [-0.39, 0.29) is 0 Å². The largest absolute Gasteiger partial charge is 0.373 e. The van der Waals surface area contributed by atoms with E-state index in [1.165, 1.54) is 9.82 Å². The molecule has 0 aromatic rings. The molecule has 0 saturated heterocycles. The van der Waals surface area contributed by atoms with Crippen molar-refractivity contribution in [2.75, 3.05) is 0 Å². The van der Waals surface area contributed by atoms with Crippen molar-refractivity contribution < 1.29 is 13.0 Å². The Balaban J connectivity index is -0.0000000933. The lowest BCUT2D eigenvalue weighted by atomic mass is 13.0. The summed E-state index contributed by atoms with van der Waals surface area (Å²) in [7, 11) is -0.137. The van der Waals surface area contributed by atoms with Gasteiger partial charge in [-0.3, -0.25) is 14.4 Å². The molecule has 0 unspecified atom stereocenters. The second-order valence-corrected chi connectivity index (χ2v) is 2.59. The monoisotopic (exact) mass is 200 g/mol. The molecular formula is HClN6O3S-2. The Bertz CT molecular complexity index is 209. The maximum Gasteiger partial charge on any atom is 0.353 e. The molecular weight excluding hydrogens is 200 g/mol. The highest BCUT2D eigenvalue weighted by Crippen LogP contribution is 1.82. The number of halogens is 1. The zero-order valence-electron chi connectivity index (χ0n) is 4.73. The van der Waals surface area contributed by atoms with Gasteiger partial charge >= 0.3 is 9.33 Å². The molecule has 0 rings (SSSR count). The van der Waals surface area contributed by atoms with Gasteiger partial charge in [-0.05, 0) is 0 Å². The van der Waals surface area contributed by atoms with Crippen molar-refractivity contribution in [1.29, 1.82) is 0 Å². The van der Waals surface area contributed by atoms with E-state index >= 15 is 0 Å². The van der Waals surface area contributed by atoms with Crippen LogP contribution in [0.3, 0.4) is 0 Å². The second-order valence-electron chi connectivity index (χ2n) is 0.591. The lowest BCUT2D eigenvalue weighted by Gasteiger charge is -1.65. The van der Waals surface area contributed by atoms with Gasteiger partial charge in [0.2, 0.25) is 0 Å². The third-order valence-corrected chi connectivity index (χ3v) is 0. The van der Waals surface area contributed by atoms with Gasteiger partial charge in [0.15, 0.2) is 0 Å². The van der Waals surface area contributed by atoms with E-state index in [1.54, 1.807) is 0 Å². The molecule has 0 fully saturated rings. The fraction of sp³-hybridized carbons (Fsp3) is 0. The number of hydrogen-bond acceptors (Lipinski definition) is 2. The zero-order chi connectivity index (χ0) is 9.91. The number of rotatable bonds is 0. The maximum absolute atomic E-state index is 8.95. The van der Waals surface area contributed by atoms with Crippen LogP contribution in [0.1, 0.15) is 0 Å². The van der Waals surface area contributed by atoms with Crippen molar-refractivity contribution in [3.63, 3.8) is 0 Å². The quantitative estimate of drug-likeness (QED) is 0.207. The molecule has 0 heterocycles. The average Bonchev–Trinajstić information content (AvgIpc) is 1.62. The van der Waals surface area contributed by atoms with Crippen LogP contribution in [0.5, 0.6) is 0 Å². The Morgan fingerprint density at radius 3 is 1.09 bits per heavy atom. The minimum Gasteiger partial charge on any atom is -0.373 e. The summed E-state index contributed by atoms with van der Waals surface area (Å²) in [4.78, 5) is 3.00. The van der Waals surface area contributed by atoms with Crippen molar-refractivity contribution in [3.8, 4) is 0 Å². The summed E-state index contributed by atoms with van der Waals surface area (Å²) in [6.45, 7) is 0. The summed E-state index contributed by atoms with van der Waals surface area (Å²) in [5.41, 5.74) is 27.0. The summed E-state index contributed by atoms with van der Waals surface area (Å²) in [6, 6.07) is 0. The summed E-state index contributed by atoms with van der Waals surface area (Å²) in [5, 5.41) is 0. The van der Waals surface area contributed by atoms with E-state index < -0.39 is 9.33 Å². The van der Waals surface area contributed by atoms with Crippen LogP contribution in [0.2, 0.25) is 0 Å². The average molecular weight is 201 g/mol. The van der Waals surface area contributed by atoms with Crippen molar-refractivity contribution in [1.82, 2.24) is 0 Å². The van der Waals surface area contributed by atoms with Gasteiger partial charge in [0.1, 0.15) is 0 Å². The molecule has 0 radical (unpaired) electrons. The van der Waals surface area contributed by atoms with Crippen LogP contribution in [0.4, 0.5) is 0 Å². The molecule has 0 saturated carbocycles. The SMILES string of the molecule is O=S(=O)(O)Cl.[N-]=[N+]=[N-].[N-]=[N+]=[N-]. The van der Waals surface area contributed by atoms with Crippen LogP contribution in [0.25, 0.3) is 31.9 Å². The highest BCUT2D eigenvalue weighted by Gasteiger charge is 1.86. The van der Waals surface area contributed by atoms with Crippen LogP contribution < -0.4 is 0 Å². The van der Waals surface area contributed by atoms with Crippen LogP contribution in [-0.2, 0) is 9.33 Å². The molecule has 1 N–H and O–H groups in total. The molecule has 11 heavy (non-hydrogen) atoms. The van der Waals surface area contributed by atoms with E-state index in [9.17, 15) is 0 Å². The first kappa shape index (κ1) is 16.4. The Morgan fingerprint density at radius 1 is 1.09 bits per heavy atom. The van der Waals surface area contributed by atoms with Crippen molar-refractivity contribution >= 4 is 20.0 Å². The molecule has 0 aromatic carbocycles. The lowest BCUT2D eigenvalue weighted by Crippen LogP contribution is -1.77. The number of nitrogens with zero attached hydrogens (tertiary/aromatic N) is 6. The standard InChI is InChI=1S/ClHO3S.2N3/c1-5(2,3)4;2*1-3-2/h(H,2,3,4);;/q;2*-1. The molecule has 0 bridgehead atoms. The minimum atomic E-state index is -4.19. The van der Waals surface area contributed by atoms with Crippen LogP contribution in [0, 0.1) is 0 Å². The van der Waals surface area contributed by atoms with Gasteiger partial charge in [0.05, 0.1) is 0 Å². The minimum absolute atomic E-state index is 1.50. The summed E-state index contributed by atoms with van der Waals surface area (Å²) >= 11 is 0. The van der Waals surface area contributed by atoms with Gasteiger partial charge < -0.3 is 22.1 Å². The van der Waals surface area contributed by atoms with Gasteiger partial charge in [0.25, 0.3) is 0 Å². The topological polar surface area (TPSA) is 172 Å². The Morgan fingerprint density at radius 2 is 1.09 bits per heavy atom. The first-order chi connectivity index (χ1) is 4.83. The summed E-state index contributed by atoms with van der Waals surface area (Å²) < 4.78 is 25.2. The Kier molecular flexibility index (Phi) is 17.3. The van der Waals surface area contributed by atoms with E-state index in [1.807, 2.05) is 0 Å². The van der Waals surface area contributed by atoms with Gasteiger partial charge in [-0.15, -0.1) is 0 Å². The van der Waals surface area contributed by atoms with E-state index in [2.05, 4.69) is 10.7 Å². The highest BCUT2D eigenvalue weighted by molar-refractivity contribution is 8.09. The Hall–Kier alpha value is -1.18. The third-order valence-electron chi connectivity index (χ3n) is 0.